The van der Waals surface area contributed by atoms with Gasteiger partial charge in [0.1, 0.15) is 13.2 Å². The molecule has 0 aliphatic carbocycles. The minimum atomic E-state index is -0.770. The van der Waals surface area contributed by atoms with Crippen molar-refractivity contribution >= 4 is 17.9 Å². The smallest absolute Gasteiger partial charge is 0.306 e. The Hall–Kier alpha value is -2.89. The van der Waals surface area contributed by atoms with E-state index in [-0.39, 0.29) is 31.1 Å². The van der Waals surface area contributed by atoms with Crippen LogP contribution >= 0.6 is 0 Å². The van der Waals surface area contributed by atoms with E-state index in [1.165, 1.54) is 167 Å². The zero-order valence-corrected chi connectivity index (χ0v) is 46.5. The molecule has 0 aliphatic rings. The summed E-state index contributed by atoms with van der Waals surface area (Å²) in [5.74, 6) is -0.879. The van der Waals surface area contributed by atoms with Gasteiger partial charge in [-0.15, -0.1) is 0 Å². The second-order valence-corrected chi connectivity index (χ2v) is 20.2. The number of carbonyl (C=O) groups is 3. The molecule has 1 unspecified atom stereocenters. The molecule has 0 aromatic carbocycles. The highest BCUT2D eigenvalue weighted by Gasteiger charge is 2.19. The lowest BCUT2D eigenvalue weighted by Gasteiger charge is -2.18. The summed E-state index contributed by atoms with van der Waals surface area (Å²) in [5.41, 5.74) is 0. The number of hydrogen-bond acceptors (Lipinski definition) is 6. The Balaban J connectivity index is 3.86. The summed E-state index contributed by atoms with van der Waals surface area (Å²) in [6.45, 7) is 6.44. The molecule has 0 spiro atoms. The Morgan fingerprint density at radius 2 is 0.586 bits per heavy atom. The zero-order chi connectivity index (χ0) is 50.7. The number of allylic oxidation sites excluding steroid dienone is 10. The Morgan fingerprint density at radius 3 is 0.943 bits per heavy atom. The quantitative estimate of drug-likeness (QED) is 0.0261. The van der Waals surface area contributed by atoms with Crippen molar-refractivity contribution in [2.75, 3.05) is 13.2 Å². The lowest BCUT2D eigenvalue weighted by atomic mass is 10.0. The molecule has 0 saturated heterocycles. The maximum Gasteiger partial charge on any atom is 0.306 e. The highest BCUT2D eigenvalue weighted by Crippen LogP contribution is 2.17. The third-order valence-corrected chi connectivity index (χ3v) is 13.2. The highest BCUT2D eigenvalue weighted by molar-refractivity contribution is 5.71. The molecule has 1 atom stereocenters. The van der Waals surface area contributed by atoms with Gasteiger partial charge in [-0.3, -0.25) is 14.4 Å². The van der Waals surface area contributed by atoms with Gasteiger partial charge in [0.15, 0.2) is 6.10 Å². The molecule has 0 aliphatic heterocycles. The van der Waals surface area contributed by atoms with Crippen molar-refractivity contribution in [3.05, 3.63) is 60.8 Å². The first-order chi connectivity index (χ1) is 34.5. The van der Waals surface area contributed by atoms with Gasteiger partial charge in [-0.1, -0.05) is 274 Å². The molecule has 0 bridgehead atoms. The summed E-state index contributed by atoms with van der Waals surface area (Å²) in [6.07, 6.45) is 74.3. The van der Waals surface area contributed by atoms with Crippen LogP contribution in [0, 0.1) is 0 Å². The normalized spacial score (nSPS) is 12.4. The van der Waals surface area contributed by atoms with Crippen molar-refractivity contribution in [2.24, 2.45) is 0 Å². The van der Waals surface area contributed by atoms with Gasteiger partial charge in [0, 0.05) is 19.3 Å². The van der Waals surface area contributed by atoms with Crippen molar-refractivity contribution in [1.29, 1.82) is 0 Å². The first kappa shape index (κ1) is 67.1. The lowest BCUT2D eigenvalue weighted by molar-refractivity contribution is -0.167. The molecule has 0 radical (unpaired) electrons. The van der Waals surface area contributed by atoms with E-state index >= 15 is 0 Å². The Morgan fingerprint density at radius 1 is 0.300 bits per heavy atom. The first-order valence-electron chi connectivity index (χ1n) is 30.3. The summed E-state index contributed by atoms with van der Waals surface area (Å²) < 4.78 is 16.7. The number of carbonyl (C=O) groups excluding carboxylic acids is 3. The van der Waals surface area contributed by atoms with Crippen LogP contribution in [0.2, 0.25) is 0 Å². The van der Waals surface area contributed by atoms with Gasteiger partial charge in [-0.05, 0) is 77.0 Å². The average molecular weight is 980 g/mol. The maximum absolute atomic E-state index is 12.7. The van der Waals surface area contributed by atoms with E-state index in [4.69, 9.17) is 14.2 Å². The number of unbranched alkanes of at least 4 members (excludes halogenated alkanes) is 34. The second-order valence-electron chi connectivity index (χ2n) is 20.2. The number of ether oxygens (including phenoxy) is 3. The minimum absolute atomic E-state index is 0.0727. The van der Waals surface area contributed by atoms with Crippen LogP contribution in [0.5, 0.6) is 0 Å². The third-order valence-electron chi connectivity index (χ3n) is 13.2. The number of rotatable bonds is 55. The molecule has 70 heavy (non-hydrogen) atoms. The van der Waals surface area contributed by atoms with Crippen molar-refractivity contribution in [2.45, 2.75) is 316 Å². The first-order valence-corrected chi connectivity index (χ1v) is 30.3. The fourth-order valence-electron chi connectivity index (χ4n) is 8.73. The van der Waals surface area contributed by atoms with Gasteiger partial charge in [0.2, 0.25) is 0 Å². The van der Waals surface area contributed by atoms with Crippen LogP contribution in [-0.2, 0) is 28.6 Å². The average Bonchev–Trinajstić information content (AvgIpc) is 3.36. The van der Waals surface area contributed by atoms with Crippen LogP contribution in [0.15, 0.2) is 60.8 Å². The molecule has 0 aromatic rings. The molecule has 6 heteroatoms. The zero-order valence-electron chi connectivity index (χ0n) is 46.5. The molecule has 6 nitrogen and oxygen atoms in total. The minimum Gasteiger partial charge on any atom is -0.462 e. The van der Waals surface area contributed by atoms with E-state index in [9.17, 15) is 14.4 Å². The van der Waals surface area contributed by atoms with E-state index < -0.39 is 6.10 Å². The van der Waals surface area contributed by atoms with E-state index in [1.807, 2.05) is 0 Å². The van der Waals surface area contributed by atoms with E-state index in [0.717, 1.165) is 103 Å². The summed E-state index contributed by atoms with van der Waals surface area (Å²) >= 11 is 0. The lowest BCUT2D eigenvalue weighted by Crippen LogP contribution is -2.30. The fourth-order valence-corrected chi connectivity index (χ4v) is 8.73. The maximum atomic E-state index is 12.7. The highest BCUT2D eigenvalue weighted by atomic mass is 16.6. The SMILES string of the molecule is CC/C=C\C/C=C\C/C=C\C/C=C\CCCCCCCCCCCCCCCCCCCCCCCCC(=O)OCC(COC(=O)CCCCCCCCC)OC(=O)CCCCCCC/C=C\CCC. The summed E-state index contributed by atoms with van der Waals surface area (Å²) in [7, 11) is 0. The predicted octanol–water partition coefficient (Wildman–Crippen LogP) is 20.4. The van der Waals surface area contributed by atoms with E-state index in [2.05, 4.69) is 81.5 Å². The Labute approximate surface area is 434 Å². The van der Waals surface area contributed by atoms with Gasteiger partial charge in [-0.2, -0.15) is 0 Å². The van der Waals surface area contributed by atoms with Crippen LogP contribution in [0.3, 0.4) is 0 Å². The van der Waals surface area contributed by atoms with Crippen LogP contribution in [-0.4, -0.2) is 37.2 Å². The third kappa shape index (κ3) is 56.0. The molecular formula is C64H114O6. The van der Waals surface area contributed by atoms with Crippen LogP contribution in [0.25, 0.3) is 0 Å². The van der Waals surface area contributed by atoms with Gasteiger partial charge in [0.25, 0.3) is 0 Å². The predicted molar refractivity (Wildman–Crippen MR) is 302 cm³/mol. The molecule has 0 fully saturated rings. The van der Waals surface area contributed by atoms with Crippen molar-refractivity contribution < 1.29 is 28.6 Å². The Kier molecular flexibility index (Phi) is 56.3. The largest absolute Gasteiger partial charge is 0.462 e. The number of esters is 3. The molecule has 406 valence electrons. The van der Waals surface area contributed by atoms with E-state index in [0.29, 0.717) is 19.3 Å². The van der Waals surface area contributed by atoms with Gasteiger partial charge < -0.3 is 14.2 Å². The molecule has 0 aromatic heterocycles. The molecule has 0 heterocycles. The summed E-state index contributed by atoms with van der Waals surface area (Å²) in [5, 5.41) is 0. The van der Waals surface area contributed by atoms with Crippen molar-refractivity contribution in [1.82, 2.24) is 0 Å². The summed E-state index contributed by atoms with van der Waals surface area (Å²) in [4.78, 5) is 37.8. The summed E-state index contributed by atoms with van der Waals surface area (Å²) in [6, 6.07) is 0. The molecule has 0 N–H and O–H groups in total. The van der Waals surface area contributed by atoms with Crippen molar-refractivity contribution in [3.63, 3.8) is 0 Å². The van der Waals surface area contributed by atoms with E-state index in [1.54, 1.807) is 0 Å². The monoisotopic (exact) mass is 979 g/mol. The molecule has 0 rings (SSSR count). The van der Waals surface area contributed by atoms with Gasteiger partial charge in [0.05, 0.1) is 0 Å². The van der Waals surface area contributed by atoms with Gasteiger partial charge in [-0.25, -0.2) is 0 Å². The second kappa shape index (κ2) is 58.7. The Bertz CT molecular complexity index is 1260. The molecule has 0 saturated carbocycles. The van der Waals surface area contributed by atoms with Gasteiger partial charge >= 0.3 is 17.9 Å². The standard InChI is InChI=1S/C64H114O6/c1-4-7-10-13-16-18-20-21-22-23-24-25-26-27-28-29-30-31-32-33-34-35-36-37-38-39-40-41-42-43-44-46-48-51-54-57-63(66)69-60-61(59-68-62(65)56-53-50-47-15-12-9-6-3)70-64(67)58-55-52-49-45-19-17-14-11-8-5-2/h7,10-11,14,16,18,21-22,24-25,61H,4-6,8-9,12-13,15,17,19-20,23,26-60H2,1-3H3/b10-7-,14-11-,18-16-,22-21-,25-24-. The molecule has 0 amide bonds. The van der Waals surface area contributed by atoms with Crippen LogP contribution in [0.1, 0.15) is 310 Å². The fraction of sp³-hybridized carbons (Fsp3) is 0.797. The molecular weight excluding hydrogens is 865 g/mol. The topological polar surface area (TPSA) is 78.9 Å². The number of hydrogen-bond donors (Lipinski definition) is 0. The van der Waals surface area contributed by atoms with Crippen molar-refractivity contribution in [3.8, 4) is 0 Å². The van der Waals surface area contributed by atoms with Crippen LogP contribution in [0.4, 0.5) is 0 Å². The van der Waals surface area contributed by atoms with Crippen LogP contribution < -0.4 is 0 Å².